The van der Waals surface area contributed by atoms with Crippen molar-refractivity contribution in [3.05, 3.63) is 53.9 Å². The maximum atomic E-state index is 12.2. The molecule has 100 valence electrons. The Labute approximate surface area is 112 Å². The number of aryl methyl sites for hydroxylation is 1. The highest BCUT2D eigenvalue weighted by Crippen LogP contribution is 2.19. The molecule has 19 heavy (non-hydrogen) atoms. The Morgan fingerprint density at radius 1 is 1.26 bits per heavy atom. The summed E-state index contributed by atoms with van der Waals surface area (Å²) in [7, 11) is -3.72. The second-order valence-electron chi connectivity index (χ2n) is 4.12. The van der Waals surface area contributed by atoms with Gasteiger partial charge < -0.3 is 5.11 Å². The number of pyridine rings is 1. The number of aromatic nitrogens is 1. The molecule has 0 atom stereocenters. The Balaban J connectivity index is 2.38. The minimum atomic E-state index is -3.72. The molecule has 0 saturated heterocycles. The molecule has 0 aliphatic rings. The van der Waals surface area contributed by atoms with Gasteiger partial charge in [-0.15, -0.1) is 0 Å². The smallest absolute Gasteiger partial charge is 0.262 e. The standard InChI is InChI=1S/C13H14N2O3S/c1-10-6-12(8-14-7-10)15-19(17,18)13-5-3-2-4-11(13)9-16/h2-8,15-16H,9H2,1H3. The van der Waals surface area contributed by atoms with Gasteiger partial charge in [-0.1, -0.05) is 18.2 Å². The number of hydrogen-bond donors (Lipinski definition) is 2. The molecule has 0 aliphatic carbocycles. The van der Waals surface area contributed by atoms with Crippen molar-refractivity contribution in [2.75, 3.05) is 4.72 Å². The zero-order valence-corrected chi connectivity index (χ0v) is 11.2. The van der Waals surface area contributed by atoms with Crippen molar-refractivity contribution in [1.82, 2.24) is 4.98 Å². The molecule has 0 saturated carbocycles. The molecular weight excluding hydrogens is 264 g/mol. The Morgan fingerprint density at radius 3 is 2.68 bits per heavy atom. The largest absolute Gasteiger partial charge is 0.392 e. The lowest BCUT2D eigenvalue weighted by Gasteiger charge is -2.11. The highest BCUT2D eigenvalue weighted by atomic mass is 32.2. The Hall–Kier alpha value is -1.92. The van der Waals surface area contributed by atoms with Gasteiger partial charge in [0, 0.05) is 6.20 Å². The number of nitrogens with zero attached hydrogens (tertiary/aromatic N) is 1. The van der Waals surface area contributed by atoms with Crippen LogP contribution in [0.5, 0.6) is 0 Å². The predicted molar refractivity (Wildman–Crippen MR) is 72.1 cm³/mol. The van der Waals surface area contributed by atoms with Gasteiger partial charge >= 0.3 is 0 Å². The number of benzene rings is 1. The highest BCUT2D eigenvalue weighted by Gasteiger charge is 2.17. The van der Waals surface area contributed by atoms with E-state index in [1.165, 1.54) is 12.3 Å². The van der Waals surface area contributed by atoms with E-state index in [1.807, 2.05) is 6.92 Å². The number of hydrogen-bond acceptors (Lipinski definition) is 4. The van der Waals surface area contributed by atoms with Crippen LogP contribution < -0.4 is 4.72 Å². The molecular formula is C13H14N2O3S. The van der Waals surface area contributed by atoms with Gasteiger partial charge in [0.15, 0.2) is 0 Å². The van der Waals surface area contributed by atoms with E-state index >= 15 is 0 Å². The zero-order chi connectivity index (χ0) is 13.9. The molecule has 5 nitrogen and oxygen atoms in total. The second kappa shape index (κ2) is 5.38. The summed E-state index contributed by atoms with van der Waals surface area (Å²) in [6, 6.07) is 8.01. The number of aliphatic hydroxyl groups is 1. The minimum Gasteiger partial charge on any atom is -0.392 e. The van der Waals surface area contributed by atoms with Gasteiger partial charge in [0.2, 0.25) is 0 Å². The van der Waals surface area contributed by atoms with Crippen molar-refractivity contribution in [2.24, 2.45) is 0 Å². The van der Waals surface area contributed by atoms with Gasteiger partial charge in [-0.3, -0.25) is 9.71 Å². The average molecular weight is 278 g/mol. The van der Waals surface area contributed by atoms with Crippen LogP contribution in [0, 0.1) is 6.92 Å². The lowest BCUT2D eigenvalue weighted by Crippen LogP contribution is -2.15. The fourth-order valence-electron chi connectivity index (χ4n) is 1.72. The predicted octanol–water partition coefficient (Wildman–Crippen LogP) is 1.68. The number of rotatable bonds is 4. The normalized spacial score (nSPS) is 11.3. The van der Waals surface area contributed by atoms with Gasteiger partial charge in [-0.25, -0.2) is 8.42 Å². The van der Waals surface area contributed by atoms with Crippen LogP contribution >= 0.6 is 0 Å². The summed E-state index contributed by atoms with van der Waals surface area (Å²) in [6.07, 6.45) is 3.07. The highest BCUT2D eigenvalue weighted by molar-refractivity contribution is 7.92. The van der Waals surface area contributed by atoms with Gasteiger partial charge in [-0.2, -0.15) is 0 Å². The molecule has 2 rings (SSSR count). The summed E-state index contributed by atoms with van der Waals surface area (Å²) in [5, 5.41) is 9.19. The number of aliphatic hydroxyl groups excluding tert-OH is 1. The molecule has 2 aromatic rings. The first-order chi connectivity index (χ1) is 9.03. The van der Waals surface area contributed by atoms with Gasteiger partial charge in [0.25, 0.3) is 10.0 Å². The monoisotopic (exact) mass is 278 g/mol. The van der Waals surface area contributed by atoms with E-state index in [1.54, 1.807) is 30.5 Å². The maximum absolute atomic E-state index is 12.2. The summed E-state index contributed by atoms with van der Waals surface area (Å²) in [5.74, 6) is 0. The van der Waals surface area contributed by atoms with Crippen molar-refractivity contribution in [3.8, 4) is 0 Å². The quantitative estimate of drug-likeness (QED) is 0.892. The molecule has 0 spiro atoms. The summed E-state index contributed by atoms with van der Waals surface area (Å²) in [5.41, 5.74) is 1.61. The molecule has 1 aromatic heterocycles. The third-order valence-corrected chi connectivity index (χ3v) is 4.04. The number of sulfonamides is 1. The molecule has 0 aliphatic heterocycles. The van der Waals surface area contributed by atoms with Crippen molar-refractivity contribution < 1.29 is 13.5 Å². The van der Waals surface area contributed by atoms with E-state index < -0.39 is 10.0 Å². The van der Waals surface area contributed by atoms with E-state index in [9.17, 15) is 13.5 Å². The second-order valence-corrected chi connectivity index (χ2v) is 5.77. The Kier molecular flexibility index (Phi) is 3.82. The first-order valence-corrected chi connectivity index (χ1v) is 7.14. The van der Waals surface area contributed by atoms with Crippen molar-refractivity contribution in [2.45, 2.75) is 18.4 Å². The lowest BCUT2D eigenvalue weighted by molar-refractivity contribution is 0.278. The Morgan fingerprint density at radius 2 is 2.00 bits per heavy atom. The van der Waals surface area contributed by atoms with E-state index in [-0.39, 0.29) is 11.5 Å². The number of nitrogens with one attached hydrogen (secondary N) is 1. The molecule has 2 N–H and O–H groups in total. The van der Waals surface area contributed by atoms with Gasteiger partial charge in [-0.05, 0) is 30.2 Å². The SMILES string of the molecule is Cc1cncc(NS(=O)(=O)c2ccccc2CO)c1. The molecule has 0 fully saturated rings. The summed E-state index contributed by atoms with van der Waals surface area (Å²) >= 11 is 0. The van der Waals surface area contributed by atoms with Crippen LogP contribution in [0.3, 0.4) is 0 Å². The summed E-state index contributed by atoms with van der Waals surface area (Å²) < 4.78 is 26.9. The molecule has 0 unspecified atom stereocenters. The van der Waals surface area contributed by atoms with E-state index in [4.69, 9.17) is 0 Å². The van der Waals surface area contributed by atoms with Gasteiger partial charge in [0.05, 0.1) is 23.4 Å². The molecule has 1 heterocycles. The average Bonchev–Trinajstić information content (AvgIpc) is 2.38. The fraction of sp³-hybridized carbons (Fsp3) is 0.154. The molecule has 1 aromatic carbocycles. The van der Waals surface area contributed by atoms with Crippen LogP contribution in [0.2, 0.25) is 0 Å². The van der Waals surface area contributed by atoms with Crippen LogP contribution in [-0.2, 0) is 16.6 Å². The minimum absolute atomic E-state index is 0.0685. The topological polar surface area (TPSA) is 79.3 Å². The Bertz CT molecular complexity index is 684. The van der Waals surface area contributed by atoms with E-state index in [0.29, 0.717) is 11.3 Å². The third kappa shape index (κ3) is 3.10. The van der Waals surface area contributed by atoms with E-state index in [2.05, 4.69) is 9.71 Å². The van der Waals surface area contributed by atoms with E-state index in [0.717, 1.165) is 5.56 Å². The molecule has 0 amide bonds. The van der Waals surface area contributed by atoms with Gasteiger partial charge in [0.1, 0.15) is 0 Å². The summed E-state index contributed by atoms with van der Waals surface area (Å²) in [6.45, 7) is 1.50. The maximum Gasteiger partial charge on any atom is 0.262 e. The third-order valence-electron chi connectivity index (χ3n) is 2.56. The first-order valence-electron chi connectivity index (χ1n) is 5.66. The lowest BCUT2D eigenvalue weighted by atomic mass is 10.2. The zero-order valence-electron chi connectivity index (χ0n) is 10.4. The molecule has 0 radical (unpaired) electrons. The van der Waals surface area contributed by atoms with Crippen molar-refractivity contribution in [3.63, 3.8) is 0 Å². The van der Waals surface area contributed by atoms with Crippen molar-refractivity contribution in [1.29, 1.82) is 0 Å². The summed E-state index contributed by atoms with van der Waals surface area (Å²) in [4.78, 5) is 4.00. The van der Waals surface area contributed by atoms with Crippen LogP contribution in [0.15, 0.2) is 47.6 Å². The van der Waals surface area contributed by atoms with Crippen molar-refractivity contribution >= 4 is 15.7 Å². The fourth-order valence-corrected chi connectivity index (χ4v) is 2.98. The van der Waals surface area contributed by atoms with Crippen LogP contribution in [0.1, 0.15) is 11.1 Å². The molecule has 6 heteroatoms. The first kappa shape index (κ1) is 13.5. The molecule has 0 bridgehead atoms. The van der Waals surface area contributed by atoms with Crippen LogP contribution in [0.25, 0.3) is 0 Å². The number of anilines is 1. The van der Waals surface area contributed by atoms with Crippen LogP contribution in [-0.4, -0.2) is 18.5 Å². The van der Waals surface area contributed by atoms with Crippen LogP contribution in [0.4, 0.5) is 5.69 Å².